The Bertz CT molecular complexity index is 892. The molecule has 0 bridgehead atoms. The highest BCUT2D eigenvalue weighted by atomic mass is 35.5. The van der Waals surface area contributed by atoms with E-state index in [4.69, 9.17) is 11.6 Å². The molecule has 1 saturated heterocycles. The number of nitrogens with one attached hydrogen (secondary N) is 1. The van der Waals surface area contributed by atoms with Gasteiger partial charge in [-0.25, -0.2) is 8.42 Å². The van der Waals surface area contributed by atoms with E-state index in [2.05, 4.69) is 10.3 Å². The third-order valence-corrected chi connectivity index (χ3v) is 6.61. The van der Waals surface area contributed by atoms with Crippen LogP contribution in [0.5, 0.6) is 0 Å². The standard InChI is InChI=1S/C18H20ClN3O3S/c1-13-12-16(6-9-20-13)21-18(23)14-7-10-22(11-8-14)26(24,25)17-4-2-15(19)3-5-17/h2-6,9,12,14H,7-8,10-11H2,1H3,(H,20,21,23). The van der Waals surface area contributed by atoms with Crippen LogP contribution in [-0.2, 0) is 14.8 Å². The first kappa shape index (κ1) is 18.8. The zero-order valence-corrected chi connectivity index (χ0v) is 15.9. The largest absolute Gasteiger partial charge is 0.326 e. The van der Waals surface area contributed by atoms with Crippen LogP contribution in [0.1, 0.15) is 18.5 Å². The number of anilines is 1. The Morgan fingerprint density at radius 3 is 2.46 bits per heavy atom. The Labute approximate surface area is 158 Å². The molecule has 0 saturated carbocycles. The van der Waals surface area contributed by atoms with Crippen LogP contribution < -0.4 is 5.32 Å². The fourth-order valence-electron chi connectivity index (χ4n) is 2.98. The SMILES string of the molecule is Cc1cc(NC(=O)C2CCN(S(=O)(=O)c3ccc(Cl)cc3)CC2)ccn1. The molecule has 26 heavy (non-hydrogen) atoms. The smallest absolute Gasteiger partial charge is 0.243 e. The van der Waals surface area contributed by atoms with E-state index < -0.39 is 10.0 Å². The number of rotatable bonds is 4. The predicted octanol–water partition coefficient (Wildman–Crippen LogP) is 3.08. The number of halogens is 1. The Morgan fingerprint density at radius 1 is 1.19 bits per heavy atom. The maximum absolute atomic E-state index is 12.7. The van der Waals surface area contributed by atoms with E-state index in [1.165, 1.54) is 16.4 Å². The van der Waals surface area contributed by atoms with Crippen LogP contribution in [0.25, 0.3) is 0 Å². The maximum atomic E-state index is 12.7. The lowest BCUT2D eigenvalue weighted by Crippen LogP contribution is -2.41. The number of carbonyl (C=O) groups is 1. The van der Waals surface area contributed by atoms with Crippen LogP contribution in [0, 0.1) is 12.8 Å². The molecule has 138 valence electrons. The Hall–Kier alpha value is -1.96. The Balaban J connectivity index is 1.61. The van der Waals surface area contributed by atoms with Crippen molar-refractivity contribution in [1.82, 2.24) is 9.29 Å². The minimum absolute atomic E-state index is 0.0841. The Morgan fingerprint density at radius 2 is 1.85 bits per heavy atom. The molecule has 1 aromatic heterocycles. The van der Waals surface area contributed by atoms with Crippen molar-refractivity contribution >= 4 is 33.2 Å². The molecule has 1 fully saturated rings. The highest BCUT2D eigenvalue weighted by molar-refractivity contribution is 7.89. The van der Waals surface area contributed by atoms with Crippen molar-refractivity contribution in [2.75, 3.05) is 18.4 Å². The lowest BCUT2D eigenvalue weighted by Gasteiger charge is -2.30. The van der Waals surface area contributed by atoms with Crippen molar-refractivity contribution in [3.05, 3.63) is 53.3 Å². The van der Waals surface area contributed by atoms with Gasteiger partial charge in [0.05, 0.1) is 4.90 Å². The number of carbonyl (C=O) groups excluding carboxylic acids is 1. The number of pyridine rings is 1. The van der Waals surface area contributed by atoms with Gasteiger partial charge in [-0.05, 0) is 56.2 Å². The summed E-state index contributed by atoms with van der Waals surface area (Å²) >= 11 is 5.82. The van der Waals surface area contributed by atoms with Gasteiger partial charge in [-0.15, -0.1) is 0 Å². The summed E-state index contributed by atoms with van der Waals surface area (Å²) in [6, 6.07) is 9.67. The molecule has 1 amide bonds. The van der Waals surface area contributed by atoms with Gasteiger partial charge in [-0.3, -0.25) is 9.78 Å². The minimum atomic E-state index is -3.56. The van der Waals surface area contributed by atoms with Crippen molar-refractivity contribution in [1.29, 1.82) is 0 Å². The summed E-state index contributed by atoms with van der Waals surface area (Å²) in [7, 11) is -3.56. The van der Waals surface area contributed by atoms with Gasteiger partial charge in [0.25, 0.3) is 0 Å². The normalized spacial score (nSPS) is 16.4. The number of amides is 1. The molecule has 6 nitrogen and oxygen atoms in total. The molecular weight excluding hydrogens is 374 g/mol. The van der Waals surface area contributed by atoms with Crippen molar-refractivity contribution in [3.63, 3.8) is 0 Å². The summed E-state index contributed by atoms with van der Waals surface area (Å²) in [4.78, 5) is 16.7. The van der Waals surface area contributed by atoms with Crippen LogP contribution in [0.3, 0.4) is 0 Å². The molecule has 2 heterocycles. The first-order chi connectivity index (χ1) is 12.4. The lowest BCUT2D eigenvalue weighted by atomic mass is 9.97. The zero-order valence-electron chi connectivity index (χ0n) is 14.4. The minimum Gasteiger partial charge on any atom is -0.326 e. The summed E-state index contributed by atoms with van der Waals surface area (Å²) in [6.07, 6.45) is 2.62. The molecular formula is C18H20ClN3O3S. The van der Waals surface area contributed by atoms with Crippen molar-refractivity contribution in [2.24, 2.45) is 5.92 Å². The third-order valence-electron chi connectivity index (χ3n) is 4.44. The van der Waals surface area contributed by atoms with Gasteiger partial charge in [0.15, 0.2) is 0 Å². The molecule has 2 aromatic rings. The number of piperidine rings is 1. The summed E-state index contributed by atoms with van der Waals surface area (Å²) < 4.78 is 26.8. The number of benzene rings is 1. The number of hydrogen-bond donors (Lipinski definition) is 1. The Kier molecular flexibility index (Phi) is 5.60. The van der Waals surface area contributed by atoms with Gasteiger partial charge in [-0.2, -0.15) is 4.31 Å². The topological polar surface area (TPSA) is 79.4 Å². The van der Waals surface area contributed by atoms with Gasteiger partial charge in [0, 0.05) is 41.6 Å². The van der Waals surface area contributed by atoms with Gasteiger partial charge < -0.3 is 5.32 Å². The van der Waals surface area contributed by atoms with E-state index in [9.17, 15) is 13.2 Å². The number of hydrogen-bond acceptors (Lipinski definition) is 4. The van der Waals surface area contributed by atoms with Crippen molar-refractivity contribution < 1.29 is 13.2 Å². The zero-order chi connectivity index (χ0) is 18.7. The number of aryl methyl sites for hydroxylation is 1. The van der Waals surface area contributed by atoms with Gasteiger partial charge in [-0.1, -0.05) is 11.6 Å². The molecule has 0 unspecified atom stereocenters. The van der Waals surface area contributed by atoms with Crippen molar-refractivity contribution in [3.8, 4) is 0 Å². The molecule has 0 radical (unpaired) electrons. The van der Waals surface area contributed by atoms with Crippen LogP contribution in [0.2, 0.25) is 5.02 Å². The first-order valence-electron chi connectivity index (χ1n) is 8.35. The predicted molar refractivity (Wildman–Crippen MR) is 101 cm³/mol. The van der Waals surface area contributed by atoms with Crippen LogP contribution in [-0.4, -0.2) is 36.7 Å². The third kappa shape index (κ3) is 4.23. The van der Waals surface area contributed by atoms with Gasteiger partial charge in [0.1, 0.15) is 0 Å². The number of nitrogens with zero attached hydrogens (tertiary/aromatic N) is 2. The quantitative estimate of drug-likeness (QED) is 0.865. The maximum Gasteiger partial charge on any atom is 0.243 e. The van der Waals surface area contributed by atoms with Crippen LogP contribution in [0.4, 0.5) is 5.69 Å². The number of aromatic nitrogens is 1. The summed E-state index contributed by atoms with van der Waals surface area (Å²) in [5.41, 5.74) is 1.53. The highest BCUT2D eigenvalue weighted by Crippen LogP contribution is 2.25. The van der Waals surface area contributed by atoms with Gasteiger partial charge in [0.2, 0.25) is 15.9 Å². The highest BCUT2D eigenvalue weighted by Gasteiger charge is 2.32. The average molecular weight is 394 g/mol. The molecule has 1 aromatic carbocycles. The van der Waals surface area contributed by atoms with E-state index in [-0.39, 0.29) is 16.7 Å². The second-order valence-electron chi connectivity index (χ2n) is 6.31. The first-order valence-corrected chi connectivity index (χ1v) is 10.2. The fourth-order valence-corrected chi connectivity index (χ4v) is 4.58. The van der Waals surface area contributed by atoms with E-state index in [1.807, 2.05) is 6.92 Å². The fraction of sp³-hybridized carbons (Fsp3) is 0.333. The second-order valence-corrected chi connectivity index (χ2v) is 8.68. The molecule has 1 aliphatic heterocycles. The van der Waals surface area contributed by atoms with E-state index in [0.29, 0.717) is 36.6 Å². The van der Waals surface area contributed by atoms with Crippen LogP contribution in [0.15, 0.2) is 47.5 Å². The van der Waals surface area contributed by atoms with Gasteiger partial charge >= 0.3 is 0 Å². The molecule has 0 aliphatic carbocycles. The lowest BCUT2D eigenvalue weighted by molar-refractivity contribution is -0.120. The van der Waals surface area contributed by atoms with Crippen molar-refractivity contribution in [2.45, 2.75) is 24.7 Å². The molecule has 0 atom stereocenters. The molecule has 1 aliphatic rings. The number of sulfonamides is 1. The second kappa shape index (κ2) is 7.73. The monoisotopic (exact) mass is 393 g/mol. The summed E-state index contributed by atoms with van der Waals surface area (Å²) in [5.74, 6) is -0.292. The van der Waals surface area contributed by atoms with E-state index in [0.717, 1.165) is 5.69 Å². The van der Waals surface area contributed by atoms with E-state index in [1.54, 1.807) is 30.5 Å². The summed E-state index contributed by atoms with van der Waals surface area (Å²) in [5, 5.41) is 3.37. The molecule has 1 N–H and O–H groups in total. The molecule has 3 rings (SSSR count). The van der Waals surface area contributed by atoms with E-state index >= 15 is 0 Å². The molecule has 0 spiro atoms. The van der Waals surface area contributed by atoms with Crippen LogP contribution >= 0.6 is 11.6 Å². The average Bonchev–Trinajstić information content (AvgIpc) is 2.62. The molecule has 8 heteroatoms. The summed E-state index contributed by atoms with van der Waals surface area (Å²) in [6.45, 7) is 2.49.